The van der Waals surface area contributed by atoms with Crippen molar-refractivity contribution in [1.82, 2.24) is 19.4 Å². The molecule has 39 heavy (non-hydrogen) atoms. The fourth-order valence-corrected chi connectivity index (χ4v) is 5.73. The number of imidazole rings is 1. The zero-order valence-corrected chi connectivity index (χ0v) is 22.0. The van der Waals surface area contributed by atoms with E-state index < -0.39 is 6.61 Å². The van der Waals surface area contributed by atoms with Gasteiger partial charge in [0.1, 0.15) is 11.5 Å². The van der Waals surface area contributed by atoms with E-state index in [1.54, 1.807) is 28.6 Å². The summed E-state index contributed by atoms with van der Waals surface area (Å²) in [6.07, 6.45) is 4.33. The summed E-state index contributed by atoms with van der Waals surface area (Å²) in [5.74, 6) is 7.63. The molecule has 3 heterocycles. The SMILES string of the molecule is CC[C@@H]1c2nc3ccc(C#CC4CCN(C(=O)C5CC5)CC4)cc3n2-c2c(OC(F)F)cccc2C(=O)N1C. The molecule has 0 unspecified atom stereocenters. The van der Waals surface area contributed by atoms with Gasteiger partial charge in [-0.3, -0.25) is 14.2 Å². The van der Waals surface area contributed by atoms with Crippen LogP contribution in [0.4, 0.5) is 8.78 Å². The molecule has 1 saturated carbocycles. The lowest BCUT2D eigenvalue weighted by molar-refractivity contribution is -0.133. The molecule has 1 aromatic heterocycles. The number of carbonyl (C=O) groups excluding carboxylic acids is 2. The number of halogens is 2. The van der Waals surface area contributed by atoms with Crippen LogP contribution in [0.1, 0.15) is 66.8 Å². The van der Waals surface area contributed by atoms with Crippen LogP contribution in [0.2, 0.25) is 0 Å². The number of carbonyl (C=O) groups is 2. The Morgan fingerprint density at radius 2 is 1.92 bits per heavy atom. The Bertz CT molecular complexity index is 1510. The van der Waals surface area contributed by atoms with Crippen molar-refractivity contribution in [3.8, 4) is 23.3 Å². The third kappa shape index (κ3) is 4.62. The number of amides is 2. The fourth-order valence-electron chi connectivity index (χ4n) is 5.73. The number of alkyl halides is 2. The van der Waals surface area contributed by atoms with Crippen molar-refractivity contribution in [3.05, 3.63) is 53.3 Å². The summed E-state index contributed by atoms with van der Waals surface area (Å²) >= 11 is 0. The first-order chi connectivity index (χ1) is 18.9. The number of aromatic nitrogens is 2. The van der Waals surface area contributed by atoms with E-state index in [2.05, 4.69) is 11.8 Å². The van der Waals surface area contributed by atoms with Crippen LogP contribution in [0.3, 0.4) is 0 Å². The first kappa shape index (κ1) is 25.4. The van der Waals surface area contributed by atoms with Crippen molar-refractivity contribution in [1.29, 1.82) is 0 Å². The lowest BCUT2D eigenvalue weighted by atomic mass is 9.96. The van der Waals surface area contributed by atoms with Gasteiger partial charge in [0.25, 0.3) is 5.91 Å². The number of benzene rings is 2. The molecule has 7 nitrogen and oxygen atoms in total. The predicted octanol–water partition coefficient (Wildman–Crippen LogP) is 5.16. The van der Waals surface area contributed by atoms with Gasteiger partial charge in [-0.25, -0.2) is 4.98 Å². The Morgan fingerprint density at radius 3 is 2.62 bits per heavy atom. The summed E-state index contributed by atoms with van der Waals surface area (Å²) in [4.78, 5) is 34.2. The normalized spacial score (nSPS) is 19.4. The van der Waals surface area contributed by atoms with Crippen molar-refractivity contribution in [3.63, 3.8) is 0 Å². The Morgan fingerprint density at radius 1 is 1.15 bits per heavy atom. The molecule has 2 aromatic carbocycles. The minimum atomic E-state index is -3.04. The van der Waals surface area contributed by atoms with E-state index in [0.29, 0.717) is 29.2 Å². The molecule has 6 rings (SSSR count). The van der Waals surface area contributed by atoms with E-state index in [9.17, 15) is 18.4 Å². The second kappa shape index (κ2) is 9.99. The van der Waals surface area contributed by atoms with E-state index in [-0.39, 0.29) is 40.8 Å². The van der Waals surface area contributed by atoms with Crippen LogP contribution < -0.4 is 4.74 Å². The summed E-state index contributed by atoms with van der Waals surface area (Å²) in [5, 5.41) is 0. The molecule has 1 aliphatic carbocycles. The van der Waals surface area contributed by atoms with Crippen molar-refractivity contribution < 1.29 is 23.1 Å². The smallest absolute Gasteiger partial charge is 0.387 e. The Balaban J connectivity index is 1.39. The highest BCUT2D eigenvalue weighted by molar-refractivity contribution is 6.00. The summed E-state index contributed by atoms with van der Waals surface area (Å²) in [6, 6.07) is 9.96. The van der Waals surface area contributed by atoms with Crippen LogP contribution in [0.5, 0.6) is 5.75 Å². The maximum Gasteiger partial charge on any atom is 0.387 e. The molecule has 0 N–H and O–H groups in total. The molecule has 2 aliphatic heterocycles. The number of piperidine rings is 1. The van der Waals surface area contributed by atoms with Gasteiger partial charge < -0.3 is 14.5 Å². The minimum absolute atomic E-state index is 0.0782. The van der Waals surface area contributed by atoms with Gasteiger partial charge in [-0.15, -0.1) is 0 Å². The van der Waals surface area contributed by atoms with Gasteiger partial charge in [-0.05, 0) is 62.4 Å². The second-order valence-corrected chi connectivity index (χ2v) is 10.5. The van der Waals surface area contributed by atoms with E-state index in [0.717, 1.165) is 44.3 Å². The lowest BCUT2D eigenvalue weighted by Crippen LogP contribution is -2.39. The molecule has 3 aliphatic rings. The zero-order chi connectivity index (χ0) is 27.3. The summed E-state index contributed by atoms with van der Waals surface area (Å²) in [5.41, 5.74) is 2.67. The number of hydrogen-bond acceptors (Lipinski definition) is 4. The molecule has 0 radical (unpaired) electrons. The van der Waals surface area contributed by atoms with Gasteiger partial charge >= 0.3 is 6.61 Å². The highest BCUT2D eigenvalue weighted by atomic mass is 19.3. The minimum Gasteiger partial charge on any atom is -0.433 e. The Hall–Kier alpha value is -3.93. The van der Waals surface area contributed by atoms with Crippen molar-refractivity contribution in [2.45, 2.75) is 51.7 Å². The van der Waals surface area contributed by atoms with Crippen LogP contribution in [-0.4, -0.2) is 57.9 Å². The monoisotopic (exact) mass is 532 g/mol. The Labute approximate surface area is 225 Å². The highest BCUT2D eigenvalue weighted by Crippen LogP contribution is 2.40. The van der Waals surface area contributed by atoms with Crippen LogP contribution in [0.25, 0.3) is 16.7 Å². The number of hydrogen-bond donors (Lipinski definition) is 0. The molecule has 9 heteroatoms. The molecule has 0 spiro atoms. The van der Waals surface area contributed by atoms with Crippen LogP contribution in [-0.2, 0) is 4.79 Å². The summed E-state index contributed by atoms with van der Waals surface area (Å²) < 4.78 is 33.5. The summed E-state index contributed by atoms with van der Waals surface area (Å²) in [7, 11) is 1.70. The number of fused-ring (bicyclic) bond motifs is 5. The molecular formula is C30H30F2N4O3. The Kier molecular flexibility index (Phi) is 6.49. The second-order valence-electron chi connectivity index (χ2n) is 10.5. The van der Waals surface area contributed by atoms with Crippen molar-refractivity contribution in [2.75, 3.05) is 20.1 Å². The average Bonchev–Trinajstić information content (AvgIpc) is 3.73. The van der Waals surface area contributed by atoms with Gasteiger partial charge in [0.15, 0.2) is 5.75 Å². The zero-order valence-electron chi connectivity index (χ0n) is 22.0. The molecule has 3 aromatic rings. The number of ether oxygens (including phenoxy) is 1. The third-order valence-corrected chi connectivity index (χ3v) is 7.98. The predicted molar refractivity (Wildman–Crippen MR) is 142 cm³/mol. The van der Waals surface area contributed by atoms with Crippen LogP contribution in [0.15, 0.2) is 36.4 Å². The largest absolute Gasteiger partial charge is 0.433 e. The molecule has 0 bridgehead atoms. The first-order valence-corrected chi connectivity index (χ1v) is 13.5. The number of nitrogens with zero attached hydrogens (tertiary/aromatic N) is 4. The molecule has 2 fully saturated rings. The van der Waals surface area contributed by atoms with E-state index in [1.807, 2.05) is 30.0 Å². The van der Waals surface area contributed by atoms with E-state index in [1.165, 1.54) is 6.07 Å². The number of likely N-dealkylation sites (tertiary alicyclic amines) is 1. The molecule has 202 valence electrons. The number of para-hydroxylation sites is 1. The average molecular weight is 533 g/mol. The lowest BCUT2D eigenvalue weighted by Gasteiger charge is -2.30. The fraction of sp³-hybridized carbons (Fsp3) is 0.433. The van der Waals surface area contributed by atoms with E-state index in [4.69, 9.17) is 9.72 Å². The maximum absolute atomic E-state index is 13.4. The highest BCUT2D eigenvalue weighted by Gasteiger charge is 2.36. The van der Waals surface area contributed by atoms with Crippen LogP contribution in [0, 0.1) is 23.7 Å². The maximum atomic E-state index is 13.4. The van der Waals surface area contributed by atoms with Crippen molar-refractivity contribution >= 4 is 22.8 Å². The van der Waals surface area contributed by atoms with Gasteiger partial charge in [-0.2, -0.15) is 8.78 Å². The quantitative estimate of drug-likeness (QED) is 0.435. The van der Waals surface area contributed by atoms with Crippen LogP contribution >= 0.6 is 0 Å². The number of rotatable bonds is 4. The summed E-state index contributed by atoms with van der Waals surface area (Å²) in [6.45, 7) is 0.409. The van der Waals surface area contributed by atoms with Gasteiger partial charge in [0, 0.05) is 37.5 Å². The van der Waals surface area contributed by atoms with E-state index >= 15 is 0 Å². The van der Waals surface area contributed by atoms with Gasteiger partial charge in [0.2, 0.25) is 5.91 Å². The topological polar surface area (TPSA) is 67.7 Å². The standard InChI is InChI=1S/C30H30F2N4O3/c1-3-23-27-33-22-12-9-19(8-7-18-13-15-35(16-14-18)28(37)20-10-11-20)17-24(22)36(27)26-21(29(38)34(23)2)5-4-6-25(26)39-30(31)32/h4-6,9,12,17-18,20,23,30H,3,10-11,13-16H2,1-2H3/t23-/m1/s1. The van der Waals surface area contributed by atoms with Crippen molar-refractivity contribution in [2.24, 2.45) is 11.8 Å². The third-order valence-electron chi connectivity index (χ3n) is 7.98. The molecular weight excluding hydrogens is 502 g/mol. The first-order valence-electron chi connectivity index (χ1n) is 13.5. The molecule has 1 atom stereocenters. The molecule has 1 saturated heterocycles. The van der Waals surface area contributed by atoms with Gasteiger partial charge in [0.05, 0.1) is 22.6 Å². The van der Waals surface area contributed by atoms with Gasteiger partial charge in [-0.1, -0.05) is 24.8 Å². The molecule has 2 amide bonds.